The zero-order valence-electron chi connectivity index (χ0n) is 26.2. The van der Waals surface area contributed by atoms with Gasteiger partial charge in [-0.25, -0.2) is 0 Å². The summed E-state index contributed by atoms with van der Waals surface area (Å²) >= 11 is 17.8. The summed E-state index contributed by atoms with van der Waals surface area (Å²) in [5.41, 5.74) is 1.01. The van der Waals surface area contributed by atoms with E-state index in [1.165, 1.54) is 14.2 Å². The number of rotatable bonds is 22. The first-order chi connectivity index (χ1) is 21.0. The molecule has 0 radical (unpaired) electrons. The van der Waals surface area contributed by atoms with E-state index in [1.54, 1.807) is 26.2 Å². The molecule has 0 bridgehead atoms. The Kier molecular flexibility index (Phi) is 20.4. The minimum atomic E-state index is -2.27. The van der Waals surface area contributed by atoms with E-state index >= 15 is 0 Å². The summed E-state index contributed by atoms with van der Waals surface area (Å²) < 4.78 is 29.4. The van der Waals surface area contributed by atoms with Crippen molar-refractivity contribution in [3.05, 3.63) is 42.0 Å². The Morgan fingerprint density at radius 2 is 1.70 bits per heavy atom. The van der Waals surface area contributed by atoms with Crippen LogP contribution < -0.4 is 10.1 Å². The fraction of sp³-hybridized carbons (Fsp3) is 0.645. The number of hydrogen-bond donors (Lipinski definition) is 1. The van der Waals surface area contributed by atoms with Crippen LogP contribution in [-0.4, -0.2) is 75.6 Å². The van der Waals surface area contributed by atoms with Gasteiger partial charge in [0.05, 0.1) is 46.4 Å². The maximum Gasteiger partial charge on any atom is 0.309 e. The van der Waals surface area contributed by atoms with E-state index < -0.39 is 45.4 Å². The van der Waals surface area contributed by atoms with E-state index in [0.717, 1.165) is 11.3 Å². The maximum absolute atomic E-state index is 13.2. The number of esters is 2. The first-order valence-electron chi connectivity index (χ1n) is 14.6. The number of alkyl halides is 3. The van der Waals surface area contributed by atoms with E-state index in [9.17, 15) is 14.4 Å². The van der Waals surface area contributed by atoms with Gasteiger partial charge in [-0.2, -0.15) is 0 Å². The van der Waals surface area contributed by atoms with Gasteiger partial charge in [0, 0.05) is 25.7 Å². The van der Waals surface area contributed by atoms with Crippen molar-refractivity contribution < 1.29 is 42.8 Å². The van der Waals surface area contributed by atoms with Crippen molar-refractivity contribution in [2.24, 2.45) is 17.8 Å². The van der Waals surface area contributed by atoms with Crippen LogP contribution in [0.2, 0.25) is 0 Å². The number of carbonyl (C=O) groups excluding carboxylic acids is 3. The molecule has 1 aromatic rings. The molecule has 0 fully saturated rings. The van der Waals surface area contributed by atoms with Gasteiger partial charge < -0.3 is 33.7 Å². The molecule has 1 amide bonds. The molecule has 0 aliphatic carbocycles. The standard InChI is InChI=1S/C31H46Cl3NO9/c1-6-25(29(37)44-7-2)26(12-8-9-17-42-20-22-13-15-24(40-4)16-14-22)28(35-30(38)31(32,33)34)23(19-27(36)41-5)11-10-18-43-21-39-3/h10-11,13-16,23,25-26,28H,6-9,12,17-21H2,1-5H3,(H,35,38)/b11-10+/t23-,25+,26-,28+/m0/s1. The molecule has 0 aliphatic rings. The molecule has 0 unspecified atom stereocenters. The molecule has 1 N–H and O–H groups in total. The summed E-state index contributed by atoms with van der Waals surface area (Å²) in [6, 6.07) is 6.82. The summed E-state index contributed by atoms with van der Waals surface area (Å²) in [6.45, 7) is 4.95. The summed E-state index contributed by atoms with van der Waals surface area (Å²) in [4.78, 5) is 38.7. The maximum atomic E-state index is 13.2. The van der Waals surface area contributed by atoms with Crippen molar-refractivity contribution in [2.75, 3.05) is 47.9 Å². The van der Waals surface area contributed by atoms with Crippen LogP contribution in [0.25, 0.3) is 0 Å². The van der Waals surface area contributed by atoms with Gasteiger partial charge in [0.15, 0.2) is 0 Å². The predicted molar refractivity (Wildman–Crippen MR) is 170 cm³/mol. The Balaban J connectivity index is 3.26. The molecule has 44 heavy (non-hydrogen) atoms. The van der Waals surface area contributed by atoms with Crippen LogP contribution in [0.15, 0.2) is 36.4 Å². The lowest BCUT2D eigenvalue weighted by atomic mass is 9.74. The van der Waals surface area contributed by atoms with E-state index in [0.29, 0.717) is 38.9 Å². The average molecular weight is 683 g/mol. The van der Waals surface area contributed by atoms with Gasteiger partial charge in [-0.15, -0.1) is 0 Å². The quantitative estimate of drug-likeness (QED) is 0.0532. The number of unbranched alkanes of at least 4 members (excludes halogenated alkanes) is 1. The first-order valence-corrected chi connectivity index (χ1v) is 15.7. The number of hydrogen-bond acceptors (Lipinski definition) is 9. The largest absolute Gasteiger partial charge is 0.497 e. The van der Waals surface area contributed by atoms with Gasteiger partial charge in [-0.1, -0.05) is 72.4 Å². The van der Waals surface area contributed by atoms with Crippen molar-refractivity contribution in [3.63, 3.8) is 0 Å². The van der Waals surface area contributed by atoms with Crippen LogP contribution in [0.4, 0.5) is 0 Å². The third kappa shape index (κ3) is 15.3. The van der Waals surface area contributed by atoms with Gasteiger partial charge in [0.1, 0.15) is 12.5 Å². The van der Waals surface area contributed by atoms with Gasteiger partial charge >= 0.3 is 11.9 Å². The molecule has 0 saturated heterocycles. The smallest absolute Gasteiger partial charge is 0.309 e. The molecular formula is C31H46Cl3NO9. The molecule has 0 spiro atoms. The molecule has 4 atom stereocenters. The number of amides is 1. The number of ether oxygens (including phenoxy) is 6. The second kappa shape index (κ2) is 22.4. The summed E-state index contributed by atoms with van der Waals surface area (Å²) in [6.07, 6.45) is 5.56. The highest BCUT2D eigenvalue weighted by molar-refractivity contribution is 6.76. The average Bonchev–Trinajstić information content (AvgIpc) is 3.00. The molecule has 1 aromatic carbocycles. The van der Waals surface area contributed by atoms with Crippen molar-refractivity contribution in [1.82, 2.24) is 5.32 Å². The number of methoxy groups -OCH3 is 3. The lowest BCUT2D eigenvalue weighted by Gasteiger charge is -2.37. The Labute approximate surface area is 275 Å². The molecule has 0 heterocycles. The summed E-state index contributed by atoms with van der Waals surface area (Å²) in [5, 5.41) is 2.82. The van der Waals surface area contributed by atoms with Crippen LogP contribution >= 0.6 is 34.8 Å². The Hall–Kier alpha value is -2.08. The number of halogens is 3. The monoisotopic (exact) mass is 681 g/mol. The highest BCUT2D eigenvalue weighted by Gasteiger charge is 2.41. The Bertz CT molecular complexity index is 1000. The normalized spacial score (nSPS) is 14.5. The van der Waals surface area contributed by atoms with E-state index in [2.05, 4.69) is 5.32 Å². The second-order valence-electron chi connectivity index (χ2n) is 9.97. The number of benzene rings is 1. The molecule has 1 rings (SSSR count). The lowest BCUT2D eigenvalue weighted by molar-refractivity contribution is -0.151. The SMILES string of the molecule is CCOC(=O)[C@H](CC)[C@H](CCCCOCc1ccc(OC)cc1)[C@H](NC(=O)C(Cl)(Cl)Cl)[C@@H](/C=C/COCOC)CC(=O)OC. The second-order valence-corrected chi connectivity index (χ2v) is 12.3. The van der Waals surface area contributed by atoms with Crippen molar-refractivity contribution in [3.8, 4) is 5.75 Å². The van der Waals surface area contributed by atoms with Crippen molar-refractivity contribution in [2.45, 2.75) is 62.4 Å². The zero-order valence-corrected chi connectivity index (χ0v) is 28.4. The van der Waals surface area contributed by atoms with Gasteiger partial charge in [0.2, 0.25) is 0 Å². The van der Waals surface area contributed by atoms with E-state index in [4.69, 9.17) is 63.2 Å². The molecular weight excluding hydrogens is 637 g/mol. The first kappa shape index (κ1) is 39.9. The van der Waals surface area contributed by atoms with Gasteiger partial charge in [-0.3, -0.25) is 14.4 Å². The minimum Gasteiger partial charge on any atom is -0.497 e. The number of carbonyl (C=O) groups is 3. The molecule has 0 saturated carbocycles. The van der Waals surface area contributed by atoms with Crippen LogP contribution in [0.1, 0.15) is 51.5 Å². The van der Waals surface area contributed by atoms with Crippen LogP contribution in [0.3, 0.4) is 0 Å². The van der Waals surface area contributed by atoms with Crippen LogP contribution in [0.5, 0.6) is 5.75 Å². The van der Waals surface area contributed by atoms with E-state index in [1.807, 2.05) is 31.2 Å². The molecule has 13 heteroatoms. The van der Waals surface area contributed by atoms with Gasteiger partial charge in [-0.05, 0) is 49.8 Å². The van der Waals surface area contributed by atoms with Crippen molar-refractivity contribution in [1.29, 1.82) is 0 Å². The fourth-order valence-corrected chi connectivity index (χ4v) is 4.97. The molecule has 250 valence electrons. The molecule has 0 aliphatic heterocycles. The third-order valence-corrected chi connectivity index (χ3v) is 7.47. The zero-order chi connectivity index (χ0) is 33.0. The van der Waals surface area contributed by atoms with Crippen LogP contribution in [0, 0.1) is 17.8 Å². The number of nitrogens with one attached hydrogen (secondary N) is 1. The van der Waals surface area contributed by atoms with Crippen molar-refractivity contribution >= 4 is 52.6 Å². The predicted octanol–water partition coefficient (Wildman–Crippen LogP) is 5.80. The highest BCUT2D eigenvalue weighted by Crippen LogP contribution is 2.34. The van der Waals surface area contributed by atoms with Gasteiger partial charge in [0.25, 0.3) is 9.70 Å². The Morgan fingerprint density at radius 3 is 2.27 bits per heavy atom. The molecule has 10 nitrogen and oxygen atoms in total. The fourth-order valence-electron chi connectivity index (χ4n) is 4.81. The summed E-state index contributed by atoms with van der Waals surface area (Å²) in [7, 11) is 4.39. The third-order valence-electron chi connectivity index (χ3n) is 6.96. The minimum absolute atomic E-state index is 0.0728. The highest BCUT2D eigenvalue weighted by atomic mass is 35.6. The summed E-state index contributed by atoms with van der Waals surface area (Å²) in [5.74, 6) is -2.77. The topological polar surface area (TPSA) is 119 Å². The van der Waals surface area contributed by atoms with Crippen LogP contribution in [-0.2, 0) is 44.7 Å². The lowest BCUT2D eigenvalue weighted by Crippen LogP contribution is -2.52. The Morgan fingerprint density at radius 1 is 1.00 bits per heavy atom. The van der Waals surface area contributed by atoms with E-state index in [-0.39, 0.29) is 26.4 Å². The molecule has 0 aromatic heterocycles.